The van der Waals surface area contributed by atoms with Gasteiger partial charge in [-0.1, -0.05) is 12.1 Å². The molecule has 9 heteroatoms. The second-order valence-corrected chi connectivity index (χ2v) is 8.51. The minimum absolute atomic E-state index is 0.0849. The van der Waals surface area contributed by atoms with Crippen LogP contribution in [0.25, 0.3) is 11.3 Å². The summed E-state index contributed by atoms with van der Waals surface area (Å²) in [5.41, 5.74) is 2.92. The van der Waals surface area contributed by atoms with Crippen LogP contribution < -0.4 is 14.2 Å². The molecule has 0 radical (unpaired) electrons. The van der Waals surface area contributed by atoms with Gasteiger partial charge in [-0.05, 0) is 50.1 Å². The van der Waals surface area contributed by atoms with E-state index in [0.29, 0.717) is 59.3 Å². The summed E-state index contributed by atoms with van der Waals surface area (Å²) < 4.78 is 22.3. The Morgan fingerprint density at radius 1 is 1.09 bits per heavy atom. The first-order valence-electron chi connectivity index (χ1n) is 11.5. The molecule has 1 aliphatic rings. The molecule has 1 aromatic heterocycles. The summed E-state index contributed by atoms with van der Waals surface area (Å²) in [6.45, 7) is 4.96. The fraction of sp³-hybridized carbons (Fsp3) is 0.385. The topological polar surface area (TPSA) is 106 Å². The van der Waals surface area contributed by atoms with E-state index >= 15 is 0 Å². The number of carbonyl (C=O) groups is 1. The molecule has 2 heterocycles. The van der Waals surface area contributed by atoms with E-state index in [1.807, 2.05) is 32.0 Å². The Labute approximate surface area is 204 Å². The highest BCUT2D eigenvalue weighted by molar-refractivity contribution is 6.00. The normalized spacial score (nSPS) is 15.0. The highest BCUT2D eigenvalue weighted by Gasteiger charge is 2.43. The molecule has 0 aliphatic carbocycles. The van der Waals surface area contributed by atoms with Crippen LogP contribution in [-0.2, 0) is 4.74 Å². The van der Waals surface area contributed by atoms with Crippen LogP contribution in [0, 0.1) is 0 Å². The van der Waals surface area contributed by atoms with Crippen molar-refractivity contribution in [1.82, 2.24) is 15.1 Å². The lowest BCUT2D eigenvalue weighted by molar-refractivity contribution is 0.0601. The van der Waals surface area contributed by atoms with E-state index in [2.05, 4.69) is 10.2 Å². The summed E-state index contributed by atoms with van der Waals surface area (Å²) in [5.74, 6) is 1.35. The molecule has 1 atom stereocenters. The Kier molecular flexibility index (Phi) is 7.16. The van der Waals surface area contributed by atoms with Crippen molar-refractivity contribution in [3.8, 4) is 34.3 Å². The third kappa shape index (κ3) is 4.51. The van der Waals surface area contributed by atoms with Gasteiger partial charge in [0.05, 0.1) is 33.5 Å². The number of aromatic hydroxyl groups is 1. The van der Waals surface area contributed by atoms with E-state index in [4.69, 9.17) is 18.9 Å². The molecule has 0 fully saturated rings. The second-order valence-electron chi connectivity index (χ2n) is 8.51. The third-order valence-electron chi connectivity index (χ3n) is 6.02. The molecule has 0 bridgehead atoms. The number of amides is 1. The van der Waals surface area contributed by atoms with Gasteiger partial charge in [-0.25, -0.2) is 0 Å². The van der Waals surface area contributed by atoms with Crippen molar-refractivity contribution in [2.45, 2.75) is 32.4 Å². The number of phenolic OH excluding ortho intramolecular Hbond substituents is 1. The average molecular weight is 482 g/mol. The summed E-state index contributed by atoms with van der Waals surface area (Å²) in [6, 6.07) is 10.1. The van der Waals surface area contributed by atoms with Gasteiger partial charge in [0.15, 0.2) is 11.5 Å². The van der Waals surface area contributed by atoms with Gasteiger partial charge >= 0.3 is 0 Å². The summed E-state index contributed by atoms with van der Waals surface area (Å²) >= 11 is 0. The first-order chi connectivity index (χ1) is 16.9. The number of nitrogens with one attached hydrogen (secondary N) is 1. The number of H-pyrrole nitrogens is 1. The number of benzene rings is 2. The molecular weight excluding hydrogens is 450 g/mol. The van der Waals surface area contributed by atoms with Crippen molar-refractivity contribution in [2.24, 2.45) is 0 Å². The number of rotatable bonds is 10. The highest BCUT2D eigenvalue weighted by Crippen LogP contribution is 2.48. The fourth-order valence-corrected chi connectivity index (χ4v) is 4.47. The number of nitrogens with zero attached hydrogens (tertiary/aromatic N) is 2. The zero-order chi connectivity index (χ0) is 25.1. The Morgan fingerprint density at radius 2 is 1.77 bits per heavy atom. The SMILES string of the molecule is COc1cc([C@H]2c3c(-c4ccccc4O)n[nH]c3C(=O)N2CCCOC(C)C)cc(OC)c1OC. The maximum absolute atomic E-state index is 13.5. The standard InChI is InChI=1S/C26H31N3O6/c1-15(2)35-12-8-11-29-24(16-13-19(32-3)25(34-5)20(14-16)33-4)21-22(27-28-23(21)26(29)31)17-9-6-7-10-18(17)30/h6-7,9-10,13-15,24,30H,8,11-12H2,1-5H3,(H,27,28)/t24-/m0/s1. The maximum Gasteiger partial charge on any atom is 0.273 e. The number of para-hydroxylation sites is 1. The lowest BCUT2D eigenvalue weighted by atomic mass is 9.95. The van der Waals surface area contributed by atoms with E-state index in [9.17, 15) is 9.90 Å². The first-order valence-corrected chi connectivity index (χ1v) is 11.5. The number of carbonyl (C=O) groups excluding carboxylic acids is 1. The van der Waals surface area contributed by atoms with Gasteiger partial charge in [0.25, 0.3) is 5.91 Å². The van der Waals surface area contributed by atoms with Gasteiger partial charge < -0.3 is 29.0 Å². The molecule has 0 saturated heterocycles. The summed E-state index contributed by atoms with van der Waals surface area (Å²) in [4.78, 5) is 15.3. The smallest absolute Gasteiger partial charge is 0.273 e. The summed E-state index contributed by atoms with van der Waals surface area (Å²) in [5, 5.41) is 17.9. The van der Waals surface area contributed by atoms with Crippen LogP contribution in [0.2, 0.25) is 0 Å². The molecule has 2 N–H and O–H groups in total. The van der Waals surface area contributed by atoms with Gasteiger partial charge in [0, 0.05) is 24.3 Å². The molecular formula is C26H31N3O6. The number of phenols is 1. The molecule has 2 aromatic carbocycles. The van der Waals surface area contributed by atoms with Crippen LogP contribution in [-0.4, -0.2) is 66.7 Å². The van der Waals surface area contributed by atoms with Crippen LogP contribution >= 0.6 is 0 Å². The largest absolute Gasteiger partial charge is 0.507 e. The van der Waals surface area contributed by atoms with Crippen molar-refractivity contribution in [3.63, 3.8) is 0 Å². The molecule has 3 aromatic rings. The molecule has 9 nitrogen and oxygen atoms in total. The third-order valence-corrected chi connectivity index (χ3v) is 6.02. The first kappa shape index (κ1) is 24.4. The predicted octanol–water partition coefficient (Wildman–Crippen LogP) is 4.17. The molecule has 1 aliphatic heterocycles. The number of aromatic nitrogens is 2. The van der Waals surface area contributed by atoms with E-state index in [1.54, 1.807) is 44.4 Å². The molecule has 4 rings (SSSR count). The van der Waals surface area contributed by atoms with Crippen molar-refractivity contribution in [1.29, 1.82) is 0 Å². The highest BCUT2D eigenvalue weighted by atomic mass is 16.5. The lowest BCUT2D eigenvalue weighted by Crippen LogP contribution is -2.31. The number of ether oxygens (including phenoxy) is 4. The van der Waals surface area contributed by atoms with Gasteiger partial charge in [-0.2, -0.15) is 5.10 Å². The Balaban J connectivity index is 1.84. The Hall–Kier alpha value is -3.72. The maximum atomic E-state index is 13.5. The quantitative estimate of drug-likeness (QED) is 0.419. The van der Waals surface area contributed by atoms with E-state index in [1.165, 1.54) is 0 Å². The second kappa shape index (κ2) is 10.3. The van der Waals surface area contributed by atoms with Crippen LogP contribution in [0.5, 0.6) is 23.0 Å². The van der Waals surface area contributed by atoms with E-state index < -0.39 is 6.04 Å². The molecule has 1 amide bonds. The van der Waals surface area contributed by atoms with Crippen LogP contribution in [0.1, 0.15) is 47.9 Å². The van der Waals surface area contributed by atoms with Crippen molar-refractivity contribution < 1.29 is 28.8 Å². The molecule has 186 valence electrons. The van der Waals surface area contributed by atoms with E-state index in [0.717, 1.165) is 5.56 Å². The minimum atomic E-state index is -0.487. The van der Waals surface area contributed by atoms with Crippen molar-refractivity contribution in [2.75, 3.05) is 34.5 Å². The molecule has 35 heavy (non-hydrogen) atoms. The molecule has 0 spiro atoms. The van der Waals surface area contributed by atoms with Gasteiger partial charge in [-0.3, -0.25) is 9.89 Å². The van der Waals surface area contributed by atoms with Gasteiger partial charge in [0.1, 0.15) is 17.1 Å². The summed E-state index contributed by atoms with van der Waals surface area (Å²) in [6.07, 6.45) is 0.772. The number of methoxy groups -OCH3 is 3. The zero-order valence-corrected chi connectivity index (χ0v) is 20.6. The monoisotopic (exact) mass is 481 g/mol. The van der Waals surface area contributed by atoms with Crippen molar-refractivity contribution >= 4 is 5.91 Å². The zero-order valence-electron chi connectivity index (χ0n) is 20.6. The molecule has 0 saturated carbocycles. The Morgan fingerprint density at radius 3 is 2.37 bits per heavy atom. The minimum Gasteiger partial charge on any atom is -0.507 e. The predicted molar refractivity (Wildman–Crippen MR) is 130 cm³/mol. The number of hydrogen-bond acceptors (Lipinski definition) is 7. The van der Waals surface area contributed by atoms with Crippen LogP contribution in [0.4, 0.5) is 0 Å². The molecule has 0 unspecified atom stereocenters. The van der Waals surface area contributed by atoms with Gasteiger partial charge in [0.2, 0.25) is 5.75 Å². The summed E-state index contributed by atoms with van der Waals surface area (Å²) in [7, 11) is 4.65. The number of hydrogen-bond donors (Lipinski definition) is 2. The average Bonchev–Trinajstić information content (AvgIpc) is 3.39. The van der Waals surface area contributed by atoms with Gasteiger partial charge in [-0.15, -0.1) is 0 Å². The van der Waals surface area contributed by atoms with E-state index in [-0.39, 0.29) is 17.8 Å². The number of fused-ring (bicyclic) bond motifs is 1. The van der Waals surface area contributed by atoms with Crippen molar-refractivity contribution in [3.05, 3.63) is 53.2 Å². The fourth-order valence-electron chi connectivity index (χ4n) is 4.47. The van der Waals surface area contributed by atoms with Crippen LogP contribution in [0.15, 0.2) is 36.4 Å². The number of aromatic amines is 1. The lowest BCUT2D eigenvalue weighted by Gasteiger charge is -2.27. The Bertz CT molecular complexity index is 1180. The van der Waals surface area contributed by atoms with Crippen LogP contribution in [0.3, 0.4) is 0 Å².